The Labute approximate surface area is 170 Å². The Bertz CT molecular complexity index is 870. The van der Waals surface area contributed by atoms with Gasteiger partial charge in [0.15, 0.2) is 23.0 Å². The highest BCUT2D eigenvalue weighted by Gasteiger charge is 2.17. The Hall–Kier alpha value is -3.42. The second-order valence-corrected chi connectivity index (χ2v) is 5.84. The van der Waals surface area contributed by atoms with Crippen molar-refractivity contribution in [2.45, 2.75) is 13.3 Å². The number of hydrogen-bond donors (Lipinski definition) is 1. The van der Waals surface area contributed by atoms with Crippen LogP contribution in [0.4, 0.5) is 0 Å². The first kappa shape index (κ1) is 21.9. The van der Waals surface area contributed by atoms with Crippen LogP contribution in [-0.4, -0.2) is 47.2 Å². The molecule has 0 bridgehead atoms. The van der Waals surface area contributed by atoms with Gasteiger partial charge in [-0.3, -0.25) is 4.79 Å². The lowest BCUT2D eigenvalue weighted by atomic mass is 10.1. The third-order valence-corrected chi connectivity index (χ3v) is 4.27. The van der Waals surface area contributed by atoms with E-state index in [1.165, 1.54) is 21.3 Å². The number of hydrazone groups is 1. The fourth-order valence-corrected chi connectivity index (χ4v) is 2.76. The summed E-state index contributed by atoms with van der Waals surface area (Å²) in [5, 5.41) is 4.28. The summed E-state index contributed by atoms with van der Waals surface area (Å²) in [5.41, 5.74) is 4.41. The molecule has 0 unspecified atom stereocenters. The number of amides is 1. The zero-order valence-corrected chi connectivity index (χ0v) is 17.5. The van der Waals surface area contributed by atoms with Crippen molar-refractivity contribution in [2.24, 2.45) is 5.10 Å². The number of carbonyl (C=O) groups is 1. The number of rotatable bonds is 9. The monoisotopic (exact) mass is 402 g/mol. The van der Waals surface area contributed by atoms with Crippen molar-refractivity contribution in [1.82, 2.24) is 5.43 Å². The van der Waals surface area contributed by atoms with Crippen LogP contribution in [0.1, 0.15) is 29.3 Å². The van der Waals surface area contributed by atoms with E-state index in [2.05, 4.69) is 10.5 Å². The highest BCUT2D eigenvalue weighted by atomic mass is 16.5. The van der Waals surface area contributed by atoms with Crippen LogP contribution in [0.5, 0.6) is 28.7 Å². The largest absolute Gasteiger partial charge is 0.493 e. The molecule has 156 valence electrons. The molecule has 0 heterocycles. The molecule has 1 N–H and O–H groups in total. The molecule has 0 atom stereocenters. The van der Waals surface area contributed by atoms with Crippen LogP contribution in [0.25, 0.3) is 0 Å². The summed E-state index contributed by atoms with van der Waals surface area (Å²) < 4.78 is 26.4. The lowest BCUT2D eigenvalue weighted by Crippen LogP contribution is -2.20. The zero-order valence-electron chi connectivity index (χ0n) is 17.5. The second kappa shape index (κ2) is 10.2. The molecule has 0 aliphatic rings. The summed E-state index contributed by atoms with van der Waals surface area (Å²) in [6.45, 7) is 1.95. The van der Waals surface area contributed by atoms with E-state index in [1.807, 2.05) is 19.1 Å². The quantitative estimate of drug-likeness (QED) is 0.512. The van der Waals surface area contributed by atoms with E-state index < -0.39 is 5.91 Å². The minimum atomic E-state index is -0.407. The third kappa shape index (κ3) is 4.90. The van der Waals surface area contributed by atoms with Crippen molar-refractivity contribution >= 4 is 11.6 Å². The SMILES string of the molecule is CC/C(=N\NC(=O)c1cc(OC)c(OC)c(OC)c1)c1ccc(OC)c(OC)c1. The van der Waals surface area contributed by atoms with Gasteiger partial charge in [0.25, 0.3) is 5.91 Å². The van der Waals surface area contributed by atoms with Crippen LogP contribution >= 0.6 is 0 Å². The Morgan fingerprint density at radius 2 is 1.34 bits per heavy atom. The Balaban J connectivity index is 2.31. The highest BCUT2D eigenvalue weighted by Crippen LogP contribution is 2.38. The molecule has 8 nitrogen and oxygen atoms in total. The van der Waals surface area contributed by atoms with E-state index in [9.17, 15) is 4.79 Å². The van der Waals surface area contributed by atoms with Crippen molar-refractivity contribution in [2.75, 3.05) is 35.5 Å². The van der Waals surface area contributed by atoms with Gasteiger partial charge >= 0.3 is 0 Å². The standard InChI is InChI=1S/C21H26N2O6/c1-7-15(13-8-9-16(25-2)17(10-13)26-3)22-23-21(24)14-11-18(27-4)20(29-6)19(12-14)28-5/h8-12H,7H2,1-6H3,(H,23,24)/b22-15+. The van der Waals surface area contributed by atoms with Crippen LogP contribution in [-0.2, 0) is 0 Å². The normalized spacial score (nSPS) is 10.9. The number of benzene rings is 2. The topological polar surface area (TPSA) is 87.6 Å². The van der Waals surface area contributed by atoms with Crippen LogP contribution < -0.4 is 29.1 Å². The summed E-state index contributed by atoms with van der Waals surface area (Å²) in [7, 11) is 7.62. The van der Waals surface area contributed by atoms with Gasteiger partial charge in [-0.25, -0.2) is 5.43 Å². The van der Waals surface area contributed by atoms with E-state index in [4.69, 9.17) is 23.7 Å². The molecule has 0 saturated carbocycles. The predicted molar refractivity (Wildman–Crippen MR) is 110 cm³/mol. The van der Waals surface area contributed by atoms with Crippen molar-refractivity contribution in [3.8, 4) is 28.7 Å². The van der Waals surface area contributed by atoms with E-state index in [1.54, 1.807) is 32.4 Å². The molecule has 0 saturated heterocycles. The van der Waals surface area contributed by atoms with Gasteiger partial charge in [0.1, 0.15) is 0 Å². The smallest absolute Gasteiger partial charge is 0.271 e. The van der Waals surface area contributed by atoms with Crippen LogP contribution in [0.15, 0.2) is 35.4 Å². The van der Waals surface area contributed by atoms with E-state index in [0.29, 0.717) is 46.4 Å². The van der Waals surface area contributed by atoms with Crippen LogP contribution in [0.2, 0.25) is 0 Å². The molecule has 1 amide bonds. The maximum Gasteiger partial charge on any atom is 0.271 e. The Morgan fingerprint density at radius 1 is 0.793 bits per heavy atom. The van der Waals surface area contributed by atoms with Gasteiger partial charge < -0.3 is 23.7 Å². The molecule has 2 rings (SSSR count). The first-order chi connectivity index (χ1) is 14.0. The van der Waals surface area contributed by atoms with Gasteiger partial charge in [0, 0.05) is 11.1 Å². The van der Waals surface area contributed by atoms with Crippen molar-refractivity contribution in [3.05, 3.63) is 41.5 Å². The number of ether oxygens (including phenoxy) is 5. The number of methoxy groups -OCH3 is 5. The zero-order chi connectivity index (χ0) is 21.4. The lowest BCUT2D eigenvalue weighted by molar-refractivity contribution is 0.0954. The van der Waals surface area contributed by atoms with E-state index >= 15 is 0 Å². The summed E-state index contributed by atoms with van der Waals surface area (Å²) in [6, 6.07) is 8.59. The fraction of sp³-hybridized carbons (Fsp3) is 0.333. The summed E-state index contributed by atoms with van der Waals surface area (Å²) >= 11 is 0. The summed E-state index contributed by atoms with van der Waals surface area (Å²) in [5.74, 6) is 1.98. The maximum absolute atomic E-state index is 12.6. The molecule has 0 fully saturated rings. The van der Waals surface area contributed by atoms with Crippen molar-refractivity contribution in [3.63, 3.8) is 0 Å². The molecule has 2 aromatic rings. The molecular weight excluding hydrogens is 376 g/mol. The average molecular weight is 402 g/mol. The third-order valence-electron chi connectivity index (χ3n) is 4.27. The summed E-state index contributed by atoms with van der Waals surface area (Å²) in [6.07, 6.45) is 0.602. The van der Waals surface area contributed by atoms with Crippen LogP contribution in [0.3, 0.4) is 0 Å². The minimum absolute atomic E-state index is 0.325. The van der Waals surface area contributed by atoms with Crippen molar-refractivity contribution < 1.29 is 28.5 Å². The number of carbonyl (C=O) groups excluding carboxylic acids is 1. The average Bonchev–Trinajstić information content (AvgIpc) is 2.77. The molecule has 8 heteroatoms. The van der Waals surface area contributed by atoms with Gasteiger partial charge in [0.05, 0.1) is 41.3 Å². The molecule has 0 aromatic heterocycles. The van der Waals surface area contributed by atoms with E-state index in [0.717, 1.165) is 5.56 Å². The second-order valence-electron chi connectivity index (χ2n) is 5.84. The number of nitrogens with one attached hydrogen (secondary N) is 1. The van der Waals surface area contributed by atoms with E-state index in [-0.39, 0.29) is 0 Å². The van der Waals surface area contributed by atoms with Gasteiger partial charge in [-0.2, -0.15) is 5.10 Å². The summed E-state index contributed by atoms with van der Waals surface area (Å²) in [4.78, 5) is 12.6. The minimum Gasteiger partial charge on any atom is -0.493 e. The van der Waals surface area contributed by atoms with Gasteiger partial charge in [0.2, 0.25) is 5.75 Å². The molecule has 29 heavy (non-hydrogen) atoms. The predicted octanol–water partition coefficient (Wildman–Crippen LogP) is 3.27. The van der Waals surface area contributed by atoms with Gasteiger partial charge in [-0.1, -0.05) is 6.92 Å². The molecule has 2 aromatic carbocycles. The molecular formula is C21H26N2O6. The Morgan fingerprint density at radius 3 is 1.83 bits per heavy atom. The van der Waals surface area contributed by atoms with Crippen molar-refractivity contribution in [1.29, 1.82) is 0 Å². The maximum atomic E-state index is 12.6. The first-order valence-corrected chi connectivity index (χ1v) is 8.92. The molecule has 0 aliphatic carbocycles. The number of hydrogen-bond acceptors (Lipinski definition) is 7. The molecule has 0 aliphatic heterocycles. The number of nitrogens with zero attached hydrogens (tertiary/aromatic N) is 1. The first-order valence-electron chi connectivity index (χ1n) is 8.92. The van der Waals surface area contributed by atoms with Gasteiger partial charge in [-0.05, 0) is 36.8 Å². The van der Waals surface area contributed by atoms with Gasteiger partial charge in [-0.15, -0.1) is 0 Å². The molecule has 0 radical (unpaired) electrons. The lowest BCUT2D eigenvalue weighted by Gasteiger charge is -2.14. The molecule has 0 spiro atoms. The Kier molecular flexibility index (Phi) is 7.70. The highest BCUT2D eigenvalue weighted by molar-refractivity contribution is 6.02. The van der Waals surface area contributed by atoms with Crippen LogP contribution in [0, 0.1) is 0 Å². The fourth-order valence-electron chi connectivity index (χ4n) is 2.76.